The lowest BCUT2D eigenvalue weighted by molar-refractivity contribution is 0.0747. The molecule has 1 aliphatic rings. The van der Waals surface area contributed by atoms with Crippen LogP contribution < -0.4 is 5.32 Å². The SMILES string of the molecule is CCCNc1cccc(C(=O)N(CC)C2CC2)n1. The van der Waals surface area contributed by atoms with Crippen molar-refractivity contribution in [3.8, 4) is 0 Å². The van der Waals surface area contributed by atoms with Crippen molar-refractivity contribution in [2.75, 3.05) is 18.4 Å². The molecule has 18 heavy (non-hydrogen) atoms. The van der Waals surface area contributed by atoms with Crippen LogP contribution in [0.4, 0.5) is 5.82 Å². The maximum absolute atomic E-state index is 12.3. The zero-order valence-electron chi connectivity index (χ0n) is 11.1. The van der Waals surface area contributed by atoms with Gasteiger partial charge >= 0.3 is 0 Å². The lowest BCUT2D eigenvalue weighted by Crippen LogP contribution is -2.33. The summed E-state index contributed by atoms with van der Waals surface area (Å²) in [4.78, 5) is 18.6. The molecular weight excluding hydrogens is 226 g/mol. The molecule has 1 aromatic heterocycles. The molecule has 1 fully saturated rings. The molecule has 0 aromatic carbocycles. The number of anilines is 1. The number of hydrogen-bond acceptors (Lipinski definition) is 3. The van der Waals surface area contributed by atoms with Gasteiger partial charge in [0.25, 0.3) is 5.91 Å². The summed E-state index contributed by atoms with van der Waals surface area (Å²) >= 11 is 0. The number of nitrogens with zero attached hydrogens (tertiary/aromatic N) is 2. The second-order valence-electron chi connectivity index (χ2n) is 4.66. The first-order valence-electron chi connectivity index (χ1n) is 6.78. The Balaban J connectivity index is 2.08. The maximum Gasteiger partial charge on any atom is 0.272 e. The summed E-state index contributed by atoms with van der Waals surface area (Å²) < 4.78 is 0. The zero-order valence-corrected chi connectivity index (χ0v) is 11.1. The Morgan fingerprint density at radius 1 is 1.44 bits per heavy atom. The van der Waals surface area contributed by atoms with Crippen molar-refractivity contribution in [2.24, 2.45) is 0 Å². The Hall–Kier alpha value is -1.58. The first-order chi connectivity index (χ1) is 8.76. The van der Waals surface area contributed by atoms with Gasteiger partial charge in [0, 0.05) is 19.1 Å². The van der Waals surface area contributed by atoms with Gasteiger partial charge in [-0.3, -0.25) is 4.79 Å². The number of carbonyl (C=O) groups excluding carboxylic acids is 1. The van der Waals surface area contributed by atoms with Crippen molar-refractivity contribution >= 4 is 11.7 Å². The Morgan fingerprint density at radius 3 is 2.83 bits per heavy atom. The van der Waals surface area contributed by atoms with Gasteiger partial charge in [-0.25, -0.2) is 4.98 Å². The van der Waals surface area contributed by atoms with Gasteiger partial charge in [-0.15, -0.1) is 0 Å². The molecule has 0 unspecified atom stereocenters. The number of rotatable bonds is 6. The van der Waals surface area contributed by atoms with Crippen LogP contribution in [-0.2, 0) is 0 Å². The van der Waals surface area contributed by atoms with Crippen molar-refractivity contribution in [3.63, 3.8) is 0 Å². The molecule has 1 heterocycles. The van der Waals surface area contributed by atoms with Crippen LogP contribution in [0.3, 0.4) is 0 Å². The minimum absolute atomic E-state index is 0.0557. The van der Waals surface area contributed by atoms with Crippen LogP contribution in [-0.4, -0.2) is 34.9 Å². The average Bonchev–Trinajstić information content (AvgIpc) is 3.22. The molecule has 0 spiro atoms. The summed E-state index contributed by atoms with van der Waals surface area (Å²) in [7, 11) is 0. The van der Waals surface area contributed by atoms with Crippen molar-refractivity contribution in [3.05, 3.63) is 23.9 Å². The molecular formula is C14H21N3O. The van der Waals surface area contributed by atoms with Crippen LogP contribution in [0.25, 0.3) is 0 Å². The standard InChI is InChI=1S/C14H21N3O/c1-3-10-15-13-7-5-6-12(16-13)14(18)17(4-2)11-8-9-11/h5-7,11H,3-4,8-10H2,1-2H3,(H,15,16). The van der Waals surface area contributed by atoms with Crippen molar-refractivity contribution in [1.82, 2.24) is 9.88 Å². The summed E-state index contributed by atoms with van der Waals surface area (Å²) in [6.07, 6.45) is 3.31. The molecule has 1 aliphatic carbocycles. The largest absolute Gasteiger partial charge is 0.370 e. The van der Waals surface area contributed by atoms with Gasteiger partial charge < -0.3 is 10.2 Å². The van der Waals surface area contributed by atoms with Crippen molar-refractivity contribution < 1.29 is 4.79 Å². The Kier molecular flexibility index (Phi) is 4.18. The molecule has 1 N–H and O–H groups in total. The molecule has 2 rings (SSSR count). The van der Waals surface area contributed by atoms with E-state index in [1.807, 2.05) is 24.0 Å². The fourth-order valence-corrected chi connectivity index (χ4v) is 2.01. The highest BCUT2D eigenvalue weighted by atomic mass is 16.2. The number of aromatic nitrogens is 1. The van der Waals surface area contributed by atoms with Gasteiger partial charge in [0.2, 0.25) is 0 Å². The Labute approximate surface area is 108 Å². The average molecular weight is 247 g/mol. The lowest BCUT2D eigenvalue weighted by Gasteiger charge is -2.20. The fourth-order valence-electron chi connectivity index (χ4n) is 2.01. The number of hydrogen-bond donors (Lipinski definition) is 1. The summed E-state index contributed by atoms with van der Waals surface area (Å²) in [5.74, 6) is 0.842. The van der Waals surface area contributed by atoms with Gasteiger partial charge in [-0.1, -0.05) is 13.0 Å². The van der Waals surface area contributed by atoms with Gasteiger partial charge in [-0.2, -0.15) is 0 Å². The predicted molar refractivity (Wildman–Crippen MR) is 72.8 cm³/mol. The second-order valence-corrected chi connectivity index (χ2v) is 4.66. The van der Waals surface area contributed by atoms with Crippen LogP contribution >= 0.6 is 0 Å². The first kappa shape index (κ1) is 12.9. The lowest BCUT2D eigenvalue weighted by atomic mass is 10.3. The molecule has 1 amide bonds. The van der Waals surface area contributed by atoms with Gasteiger partial charge in [0.1, 0.15) is 11.5 Å². The number of pyridine rings is 1. The molecule has 0 aliphatic heterocycles. The van der Waals surface area contributed by atoms with E-state index in [2.05, 4.69) is 17.2 Å². The molecule has 0 radical (unpaired) electrons. The van der Waals surface area contributed by atoms with E-state index in [0.717, 1.165) is 38.2 Å². The van der Waals surface area contributed by atoms with Crippen LogP contribution in [0.15, 0.2) is 18.2 Å². The van der Waals surface area contributed by atoms with Gasteiger partial charge in [0.15, 0.2) is 0 Å². The van der Waals surface area contributed by atoms with Crippen molar-refractivity contribution in [1.29, 1.82) is 0 Å². The molecule has 4 heteroatoms. The molecule has 4 nitrogen and oxygen atoms in total. The monoisotopic (exact) mass is 247 g/mol. The molecule has 0 bridgehead atoms. The summed E-state index contributed by atoms with van der Waals surface area (Å²) in [5.41, 5.74) is 0.546. The van der Waals surface area contributed by atoms with E-state index >= 15 is 0 Å². The predicted octanol–water partition coefficient (Wildman–Crippen LogP) is 2.53. The van der Waals surface area contributed by atoms with E-state index in [4.69, 9.17) is 0 Å². The number of nitrogens with one attached hydrogen (secondary N) is 1. The summed E-state index contributed by atoms with van der Waals surface area (Å²) in [6, 6.07) is 6.03. The van der Waals surface area contributed by atoms with E-state index in [-0.39, 0.29) is 5.91 Å². The Bertz CT molecular complexity index is 415. The van der Waals surface area contributed by atoms with Crippen LogP contribution in [0, 0.1) is 0 Å². The van der Waals surface area contributed by atoms with Crippen molar-refractivity contribution in [2.45, 2.75) is 39.2 Å². The maximum atomic E-state index is 12.3. The number of carbonyl (C=O) groups is 1. The van der Waals surface area contributed by atoms with E-state index < -0.39 is 0 Å². The van der Waals surface area contributed by atoms with E-state index in [1.165, 1.54) is 0 Å². The highest BCUT2D eigenvalue weighted by molar-refractivity contribution is 5.93. The highest BCUT2D eigenvalue weighted by Crippen LogP contribution is 2.27. The van der Waals surface area contributed by atoms with E-state index in [1.54, 1.807) is 6.07 Å². The third-order valence-electron chi connectivity index (χ3n) is 3.11. The quantitative estimate of drug-likeness (QED) is 0.840. The molecule has 0 saturated heterocycles. The van der Waals surface area contributed by atoms with Crippen LogP contribution in [0.5, 0.6) is 0 Å². The molecule has 1 saturated carbocycles. The molecule has 1 aromatic rings. The molecule has 0 atom stereocenters. The summed E-state index contributed by atoms with van der Waals surface area (Å²) in [5, 5.41) is 3.21. The van der Waals surface area contributed by atoms with E-state index in [9.17, 15) is 4.79 Å². The molecule has 98 valence electrons. The first-order valence-corrected chi connectivity index (χ1v) is 6.78. The minimum atomic E-state index is 0.0557. The topological polar surface area (TPSA) is 45.2 Å². The van der Waals surface area contributed by atoms with Gasteiger partial charge in [-0.05, 0) is 38.3 Å². The number of amides is 1. The third-order valence-corrected chi connectivity index (χ3v) is 3.11. The van der Waals surface area contributed by atoms with Crippen LogP contribution in [0.2, 0.25) is 0 Å². The normalized spacial score (nSPS) is 14.3. The van der Waals surface area contributed by atoms with Crippen LogP contribution in [0.1, 0.15) is 43.6 Å². The summed E-state index contributed by atoms with van der Waals surface area (Å²) in [6.45, 7) is 5.77. The minimum Gasteiger partial charge on any atom is -0.370 e. The van der Waals surface area contributed by atoms with E-state index in [0.29, 0.717) is 11.7 Å². The zero-order chi connectivity index (χ0) is 13.0. The third kappa shape index (κ3) is 3.00. The Morgan fingerprint density at radius 2 is 2.22 bits per heavy atom. The fraction of sp³-hybridized carbons (Fsp3) is 0.571. The smallest absolute Gasteiger partial charge is 0.272 e. The second kappa shape index (κ2) is 5.85. The highest BCUT2D eigenvalue weighted by Gasteiger charge is 2.32. The van der Waals surface area contributed by atoms with Gasteiger partial charge in [0.05, 0.1) is 0 Å².